The van der Waals surface area contributed by atoms with E-state index in [1.54, 1.807) is 4.90 Å². The Morgan fingerprint density at radius 3 is 2.95 bits per heavy atom. The lowest BCUT2D eigenvalue weighted by Crippen LogP contribution is -2.24. The van der Waals surface area contributed by atoms with Crippen molar-refractivity contribution in [3.8, 4) is 5.75 Å². The van der Waals surface area contributed by atoms with E-state index in [1.165, 1.54) is 24.2 Å². The number of phenolic OH excluding ortho intramolecular Hbond substituents is 1. The molecule has 0 radical (unpaired) electrons. The van der Waals surface area contributed by atoms with Gasteiger partial charge in [0.2, 0.25) is 0 Å². The summed E-state index contributed by atoms with van der Waals surface area (Å²) >= 11 is 0. The number of fused-ring (bicyclic) bond motifs is 1. The van der Waals surface area contributed by atoms with Gasteiger partial charge in [0.25, 0.3) is 0 Å². The third-order valence-corrected chi connectivity index (χ3v) is 7.57. The summed E-state index contributed by atoms with van der Waals surface area (Å²) in [6.45, 7) is 4.73. The highest BCUT2D eigenvalue weighted by Gasteiger charge is 2.41. The van der Waals surface area contributed by atoms with E-state index in [0.717, 1.165) is 29.6 Å². The number of hydrogen-bond acceptors (Lipinski definition) is 1. The van der Waals surface area contributed by atoms with E-state index in [4.69, 9.17) is 0 Å². The van der Waals surface area contributed by atoms with Crippen molar-refractivity contribution in [1.82, 2.24) is 0 Å². The van der Waals surface area contributed by atoms with Crippen molar-refractivity contribution in [2.45, 2.75) is 49.7 Å². The van der Waals surface area contributed by atoms with Crippen molar-refractivity contribution in [2.24, 2.45) is 5.92 Å². The van der Waals surface area contributed by atoms with E-state index in [2.05, 4.69) is 32.1 Å². The lowest BCUT2D eigenvalue weighted by molar-refractivity contribution is 0.472. The average Bonchev–Trinajstić information content (AvgIpc) is 2.89. The van der Waals surface area contributed by atoms with Gasteiger partial charge < -0.3 is 5.11 Å². The molecule has 1 saturated heterocycles. The standard InChI is InChI=1S/C17H22OS/c1-12(2)16-8-5-11-19(16)17-10-9-15(18)13-6-3-4-7-14(13)17/h3,6,9-10,12,16H,4-5,7-8,11H2,1-2H3/p+1. The molecule has 0 aromatic heterocycles. The van der Waals surface area contributed by atoms with Crippen LogP contribution in [0.5, 0.6) is 5.75 Å². The number of aromatic hydroxyl groups is 1. The molecule has 0 spiro atoms. The van der Waals surface area contributed by atoms with Crippen LogP contribution in [0.4, 0.5) is 0 Å². The number of hydrogen-bond donors (Lipinski definition) is 1. The Morgan fingerprint density at radius 1 is 1.32 bits per heavy atom. The van der Waals surface area contributed by atoms with Crippen LogP contribution in [-0.2, 0) is 17.3 Å². The number of allylic oxidation sites excluding steroid dienone is 1. The predicted octanol–water partition coefficient (Wildman–Crippen LogP) is 4.15. The molecule has 1 heterocycles. The zero-order valence-corrected chi connectivity index (χ0v) is 12.7. The Morgan fingerprint density at radius 2 is 2.16 bits per heavy atom. The highest BCUT2D eigenvalue weighted by Crippen LogP contribution is 2.40. The van der Waals surface area contributed by atoms with Crippen LogP contribution in [0.2, 0.25) is 0 Å². The van der Waals surface area contributed by atoms with Crippen LogP contribution >= 0.6 is 0 Å². The molecule has 102 valence electrons. The van der Waals surface area contributed by atoms with E-state index >= 15 is 0 Å². The molecule has 1 nitrogen and oxygen atoms in total. The van der Waals surface area contributed by atoms with Crippen molar-refractivity contribution in [2.75, 3.05) is 5.75 Å². The van der Waals surface area contributed by atoms with Gasteiger partial charge in [-0.05, 0) is 31.4 Å². The van der Waals surface area contributed by atoms with Gasteiger partial charge in [0.1, 0.15) is 16.8 Å². The molecule has 1 aliphatic heterocycles. The Hall–Kier alpha value is -0.890. The number of benzene rings is 1. The topological polar surface area (TPSA) is 20.2 Å². The van der Waals surface area contributed by atoms with Crippen molar-refractivity contribution in [3.05, 3.63) is 29.3 Å². The number of rotatable bonds is 2. The quantitative estimate of drug-likeness (QED) is 0.804. The van der Waals surface area contributed by atoms with Crippen LogP contribution < -0.4 is 0 Å². The molecule has 2 aliphatic rings. The molecule has 0 bridgehead atoms. The number of phenols is 1. The minimum atomic E-state index is 0.399. The fourth-order valence-corrected chi connectivity index (χ4v) is 6.63. The molecule has 1 aliphatic carbocycles. The second-order valence-electron chi connectivity index (χ2n) is 5.97. The van der Waals surface area contributed by atoms with Crippen LogP contribution in [0.25, 0.3) is 6.08 Å². The monoisotopic (exact) mass is 275 g/mol. The molecule has 3 rings (SSSR count). The maximum Gasteiger partial charge on any atom is 0.159 e. The lowest BCUT2D eigenvalue weighted by Gasteiger charge is -2.20. The van der Waals surface area contributed by atoms with Gasteiger partial charge in [0.15, 0.2) is 4.90 Å². The van der Waals surface area contributed by atoms with Gasteiger partial charge in [0, 0.05) is 34.4 Å². The molecule has 1 aromatic rings. The second kappa shape index (κ2) is 5.24. The van der Waals surface area contributed by atoms with Crippen LogP contribution in [0, 0.1) is 5.92 Å². The maximum absolute atomic E-state index is 10.1. The molecule has 2 unspecified atom stereocenters. The second-order valence-corrected chi connectivity index (χ2v) is 8.29. The highest BCUT2D eigenvalue weighted by molar-refractivity contribution is 7.97. The van der Waals surface area contributed by atoms with Gasteiger partial charge >= 0.3 is 0 Å². The first kappa shape index (κ1) is 13.1. The Labute approximate surface area is 119 Å². The summed E-state index contributed by atoms with van der Waals surface area (Å²) in [4.78, 5) is 1.55. The summed E-state index contributed by atoms with van der Waals surface area (Å²) in [5, 5.41) is 10.9. The van der Waals surface area contributed by atoms with Crippen LogP contribution in [0.15, 0.2) is 23.1 Å². The largest absolute Gasteiger partial charge is 0.507 e. The SMILES string of the molecule is CC(C)C1CCC[S+]1c1ccc(O)c2c1CCC=C2. The molecule has 2 heteroatoms. The van der Waals surface area contributed by atoms with Crippen molar-refractivity contribution in [1.29, 1.82) is 0 Å². The zero-order chi connectivity index (χ0) is 13.4. The van der Waals surface area contributed by atoms with E-state index in [0.29, 0.717) is 16.6 Å². The highest BCUT2D eigenvalue weighted by atomic mass is 32.2. The van der Waals surface area contributed by atoms with Crippen molar-refractivity contribution >= 4 is 17.0 Å². The fourth-order valence-electron chi connectivity index (χ4n) is 3.42. The first-order valence-corrected chi connectivity index (χ1v) is 8.85. The summed E-state index contributed by atoms with van der Waals surface area (Å²) in [6, 6.07) is 4.11. The lowest BCUT2D eigenvalue weighted by atomic mass is 9.97. The van der Waals surface area contributed by atoms with Crippen LogP contribution in [0.1, 0.15) is 44.2 Å². The summed E-state index contributed by atoms with van der Waals surface area (Å²) in [5.74, 6) is 2.58. The maximum atomic E-state index is 10.1. The van der Waals surface area contributed by atoms with Gasteiger partial charge in [-0.2, -0.15) is 0 Å². The first-order chi connectivity index (χ1) is 9.18. The molecule has 1 fully saturated rings. The molecule has 0 saturated carbocycles. The van der Waals surface area contributed by atoms with E-state index < -0.39 is 0 Å². The van der Waals surface area contributed by atoms with Gasteiger partial charge in [-0.3, -0.25) is 0 Å². The van der Waals surface area contributed by atoms with Gasteiger partial charge in [-0.1, -0.05) is 26.0 Å². The Kier molecular flexibility index (Phi) is 3.62. The average molecular weight is 275 g/mol. The summed E-state index contributed by atoms with van der Waals surface area (Å²) < 4.78 is 0. The van der Waals surface area contributed by atoms with E-state index in [1.807, 2.05) is 6.07 Å². The molecule has 1 N–H and O–H groups in total. The van der Waals surface area contributed by atoms with Gasteiger partial charge in [-0.15, -0.1) is 0 Å². The Bertz CT molecular complexity index is 504. The zero-order valence-electron chi connectivity index (χ0n) is 11.9. The first-order valence-electron chi connectivity index (χ1n) is 7.39. The van der Waals surface area contributed by atoms with E-state index in [-0.39, 0.29) is 0 Å². The summed E-state index contributed by atoms with van der Waals surface area (Å²) in [5.41, 5.74) is 2.52. The molecule has 0 amide bonds. The molecule has 2 atom stereocenters. The Balaban J connectivity index is 2.04. The minimum Gasteiger partial charge on any atom is -0.507 e. The summed E-state index contributed by atoms with van der Waals surface area (Å²) in [6.07, 6.45) is 9.27. The van der Waals surface area contributed by atoms with Crippen molar-refractivity contribution < 1.29 is 5.11 Å². The van der Waals surface area contributed by atoms with Crippen LogP contribution in [0.3, 0.4) is 0 Å². The third-order valence-electron chi connectivity index (χ3n) is 4.38. The van der Waals surface area contributed by atoms with Gasteiger partial charge in [0.05, 0.1) is 0 Å². The third kappa shape index (κ3) is 2.31. The molecule has 1 aromatic carbocycles. The summed E-state index contributed by atoms with van der Waals surface area (Å²) in [7, 11) is 0.399. The van der Waals surface area contributed by atoms with Crippen LogP contribution in [-0.4, -0.2) is 16.1 Å². The normalized spacial score (nSPS) is 25.8. The van der Waals surface area contributed by atoms with E-state index in [9.17, 15) is 5.11 Å². The fraction of sp³-hybridized carbons (Fsp3) is 0.529. The molecular formula is C17H23OS+. The minimum absolute atomic E-state index is 0.399. The van der Waals surface area contributed by atoms with Gasteiger partial charge in [-0.25, -0.2) is 0 Å². The molecule has 19 heavy (non-hydrogen) atoms. The smallest absolute Gasteiger partial charge is 0.159 e. The van der Waals surface area contributed by atoms with Crippen molar-refractivity contribution in [3.63, 3.8) is 0 Å². The predicted molar refractivity (Wildman–Crippen MR) is 83.8 cm³/mol. The molecular weight excluding hydrogens is 252 g/mol.